The van der Waals surface area contributed by atoms with Gasteiger partial charge in [-0.25, -0.2) is 0 Å². The minimum atomic E-state index is -0.829. The number of piperidine rings is 1. The van der Waals surface area contributed by atoms with Gasteiger partial charge in [0, 0.05) is 19.0 Å². The van der Waals surface area contributed by atoms with Gasteiger partial charge in [0.1, 0.15) is 24.7 Å². The monoisotopic (exact) mass is 548 g/mol. The van der Waals surface area contributed by atoms with E-state index in [9.17, 15) is 24.0 Å². The van der Waals surface area contributed by atoms with E-state index in [0.717, 1.165) is 0 Å². The Balaban J connectivity index is 1.65. The first-order chi connectivity index (χ1) is 18.9. The summed E-state index contributed by atoms with van der Waals surface area (Å²) in [5, 5.41) is 2.22. The maximum absolute atomic E-state index is 13.2. The number of nitrogens with zero attached hydrogens (tertiary/aromatic N) is 1. The first-order valence-electron chi connectivity index (χ1n) is 12.6. The van der Waals surface area contributed by atoms with Crippen LogP contribution in [0.1, 0.15) is 40.0 Å². The molecule has 1 aliphatic rings. The van der Waals surface area contributed by atoms with Crippen molar-refractivity contribution in [3.63, 3.8) is 0 Å². The second-order valence-corrected chi connectivity index (χ2v) is 8.55. The molecule has 2 rings (SSSR count). The standard InChI is InChI=1S/C27H36N2O10/c1-20(18-30)8-9-35-10-11-36-12-13-37-14-15-38-16-17-39-23-5-3-4-21(19-31)25(23)27(34)29(2)22-6-7-24(32)28-26(22)33/h3-5,18-19,22H,1,6-17H2,2H3,(H,28,32,33). The van der Waals surface area contributed by atoms with E-state index in [2.05, 4.69) is 11.9 Å². The highest BCUT2D eigenvalue weighted by molar-refractivity contribution is 6.07. The van der Waals surface area contributed by atoms with E-state index in [4.69, 9.17) is 23.7 Å². The molecule has 12 heteroatoms. The van der Waals surface area contributed by atoms with E-state index in [1.807, 2.05) is 0 Å². The van der Waals surface area contributed by atoms with Gasteiger partial charge in [0.15, 0.2) is 6.29 Å². The molecule has 1 N–H and O–H groups in total. The van der Waals surface area contributed by atoms with Crippen LogP contribution < -0.4 is 10.1 Å². The van der Waals surface area contributed by atoms with E-state index in [1.54, 1.807) is 12.1 Å². The Bertz CT molecular complexity index is 997. The first kappa shape index (κ1) is 31.8. The van der Waals surface area contributed by atoms with Crippen LogP contribution in [-0.4, -0.2) is 108 Å². The summed E-state index contributed by atoms with van der Waals surface area (Å²) in [5.74, 6) is -1.31. The number of rotatable bonds is 20. The normalized spacial score (nSPS) is 14.9. The second kappa shape index (κ2) is 17.9. The third-order valence-corrected chi connectivity index (χ3v) is 5.73. The molecule has 1 aliphatic heterocycles. The Kier molecular flexibility index (Phi) is 14.6. The third-order valence-electron chi connectivity index (χ3n) is 5.73. The topological polar surface area (TPSA) is 147 Å². The predicted molar refractivity (Wildman–Crippen MR) is 139 cm³/mol. The molecule has 1 atom stereocenters. The zero-order chi connectivity index (χ0) is 28.5. The number of hydrogen-bond donors (Lipinski definition) is 1. The van der Waals surface area contributed by atoms with Crippen LogP contribution >= 0.6 is 0 Å². The van der Waals surface area contributed by atoms with Crippen molar-refractivity contribution >= 4 is 30.3 Å². The molecule has 12 nitrogen and oxygen atoms in total. The maximum atomic E-state index is 13.2. The highest BCUT2D eigenvalue weighted by Crippen LogP contribution is 2.25. The molecule has 0 bridgehead atoms. The summed E-state index contributed by atoms with van der Waals surface area (Å²) in [6.45, 7) is 6.66. The van der Waals surface area contributed by atoms with Crippen molar-refractivity contribution in [3.8, 4) is 5.75 Å². The lowest BCUT2D eigenvalue weighted by atomic mass is 10.0. The number of ether oxygens (including phenoxy) is 5. The lowest BCUT2D eigenvalue weighted by Crippen LogP contribution is -2.53. The number of carbonyl (C=O) groups excluding carboxylic acids is 5. The molecule has 1 saturated heterocycles. The molecular weight excluding hydrogens is 512 g/mol. The summed E-state index contributed by atoms with van der Waals surface area (Å²) < 4.78 is 27.3. The Hall–Kier alpha value is -3.45. The van der Waals surface area contributed by atoms with Crippen LogP contribution in [0, 0.1) is 0 Å². The van der Waals surface area contributed by atoms with Gasteiger partial charge in [-0.1, -0.05) is 18.7 Å². The van der Waals surface area contributed by atoms with Crippen LogP contribution in [0.2, 0.25) is 0 Å². The van der Waals surface area contributed by atoms with Gasteiger partial charge in [-0.2, -0.15) is 0 Å². The zero-order valence-corrected chi connectivity index (χ0v) is 22.2. The van der Waals surface area contributed by atoms with Crippen LogP contribution in [0.3, 0.4) is 0 Å². The smallest absolute Gasteiger partial charge is 0.258 e. The molecule has 0 spiro atoms. The first-order valence-corrected chi connectivity index (χ1v) is 12.6. The Morgan fingerprint density at radius 1 is 0.974 bits per heavy atom. The van der Waals surface area contributed by atoms with Crippen LogP contribution in [0.25, 0.3) is 0 Å². The third kappa shape index (κ3) is 11.1. The number of carbonyl (C=O) groups is 5. The number of hydrogen-bond acceptors (Lipinski definition) is 10. The summed E-state index contributed by atoms with van der Waals surface area (Å²) in [6, 6.07) is 3.82. The van der Waals surface area contributed by atoms with Crippen LogP contribution in [-0.2, 0) is 33.3 Å². The largest absolute Gasteiger partial charge is 0.490 e. The van der Waals surface area contributed by atoms with Crippen molar-refractivity contribution in [1.29, 1.82) is 0 Å². The van der Waals surface area contributed by atoms with Gasteiger partial charge in [0.2, 0.25) is 11.8 Å². The molecule has 1 heterocycles. The van der Waals surface area contributed by atoms with E-state index in [1.165, 1.54) is 18.0 Å². The number of benzene rings is 1. The molecule has 1 aromatic carbocycles. The van der Waals surface area contributed by atoms with Crippen molar-refractivity contribution in [2.45, 2.75) is 25.3 Å². The highest BCUT2D eigenvalue weighted by atomic mass is 16.6. The van der Waals surface area contributed by atoms with Gasteiger partial charge in [0.05, 0.1) is 58.4 Å². The molecule has 0 aliphatic carbocycles. The molecule has 214 valence electrons. The SMILES string of the molecule is C=C(C=O)CCOCCOCCOCCOCCOc1cccc(C=O)c1C(=O)N(C)C1CCC(=O)NC1=O. The minimum Gasteiger partial charge on any atom is -0.490 e. The summed E-state index contributed by atoms with van der Waals surface area (Å²) in [5.41, 5.74) is 0.670. The van der Waals surface area contributed by atoms with Crippen molar-refractivity contribution in [3.05, 3.63) is 41.5 Å². The van der Waals surface area contributed by atoms with E-state index in [0.29, 0.717) is 70.8 Å². The van der Waals surface area contributed by atoms with Gasteiger partial charge in [-0.05, 0) is 24.5 Å². The molecule has 0 radical (unpaired) electrons. The number of aldehydes is 2. The van der Waals surface area contributed by atoms with Crippen molar-refractivity contribution in [2.75, 3.05) is 66.5 Å². The minimum absolute atomic E-state index is 0.0415. The summed E-state index contributed by atoms with van der Waals surface area (Å²) in [4.78, 5) is 60.1. The van der Waals surface area contributed by atoms with Crippen molar-refractivity contribution < 1.29 is 47.7 Å². The molecule has 39 heavy (non-hydrogen) atoms. The Morgan fingerprint density at radius 2 is 1.56 bits per heavy atom. The summed E-state index contributed by atoms with van der Waals surface area (Å²) in [7, 11) is 1.45. The Labute approximate surface area is 227 Å². The molecule has 3 amide bonds. The van der Waals surface area contributed by atoms with Gasteiger partial charge in [0.25, 0.3) is 5.91 Å². The van der Waals surface area contributed by atoms with Gasteiger partial charge >= 0.3 is 0 Å². The van der Waals surface area contributed by atoms with E-state index < -0.39 is 17.9 Å². The fraction of sp³-hybridized carbons (Fsp3) is 0.519. The van der Waals surface area contributed by atoms with Crippen molar-refractivity contribution in [2.24, 2.45) is 0 Å². The average Bonchev–Trinajstić information content (AvgIpc) is 2.93. The predicted octanol–water partition coefficient (Wildman–Crippen LogP) is 0.967. The van der Waals surface area contributed by atoms with Gasteiger partial charge in [-0.15, -0.1) is 0 Å². The lowest BCUT2D eigenvalue weighted by Gasteiger charge is -2.30. The van der Waals surface area contributed by atoms with Gasteiger partial charge in [-0.3, -0.25) is 29.3 Å². The quantitative estimate of drug-likeness (QED) is 0.108. The fourth-order valence-electron chi connectivity index (χ4n) is 3.60. The van der Waals surface area contributed by atoms with Crippen LogP contribution in [0.5, 0.6) is 5.75 Å². The number of nitrogens with one attached hydrogen (secondary N) is 1. The number of imide groups is 1. The molecule has 0 saturated carbocycles. The van der Waals surface area contributed by atoms with Crippen LogP contribution in [0.15, 0.2) is 30.4 Å². The molecule has 1 unspecified atom stereocenters. The molecular formula is C27H36N2O10. The fourth-order valence-corrected chi connectivity index (χ4v) is 3.60. The zero-order valence-electron chi connectivity index (χ0n) is 22.2. The molecule has 0 aromatic heterocycles. The maximum Gasteiger partial charge on any atom is 0.258 e. The second-order valence-electron chi connectivity index (χ2n) is 8.55. The van der Waals surface area contributed by atoms with Crippen molar-refractivity contribution in [1.82, 2.24) is 10.2 Å². The van der Waals surface area contributed by atoms with E-state index >= 15 is 0 Å². The average molecular weight is 549 g/mol. The van der Waals surface area contributed by atoms with Crippen LogP contribution in [0.4, 0.5) is 0 Å². The molecule has 1 fully saturated rings. The number of amides is 3. The molecule has 1 aromatic rings. The highest BCUT2D eigenvalue weighted by Gasteiger charge is 2.34. The van der Waals surface area contributed by atoms with Gasteiger partial charge < -0.3 is 28.6 Å². The van der Waals surface area contributed by atoms with E-state index in [-0.39, 0.29) is 48.8 Å². The summed E-state index contributed by atoms with van der Waals surface area (Å²) >= 11 is 0. The lowest BCUT2D eigenvalue weighted by molar-refractivity contribution is -0.136. The summed E-state index contributed by atoms with van der Waals surface area (Å²) in [6.07, 6.45) is 2.09. The number of likely N-dealkylation sites (N-methyl/N-ethyl adjacent to an activating group) is 1. The Morgan fingerprint density at radius 3 is 2.13 bits per heavy atom.